The Kier molecular flexibility index (Phi) is 4.30. The zero-order valence-corrected chi connectivity index (χ0v) is 13.2. The molecule has 0 spiro atoms. The first kappa shape index (κ1) is 14.9. The molecule has 2 rings (SSSR count). The molecule has 2 N–H and O–H groups in total. The Hall–Kier alpha value is -0.490. The molecule has 1 aromatic heterocycles. The van der Waals surface area contributed by atoms with Crippen molar-refractivity contribution in [3.8, 4) is 0 Å². The summed E-state index contributed by atoms with van der Waals surface area (Å²) in [5, 5.41) is 3.26. The van der Waals surface area contributed by atoms with Gasteiger partial charge in [-0.15, -0.1) is 11.3 Å². The van der Waals surface area contributed by atoms with Gasteiger partial charge >= 0.3 is 0 Å². The van der Waals surface area contributed by atoms with Gasteiger partial charge in [0.05, 0.1) is 16.3 Å². The van der Waals surface area contributed by atoms with E-state index in [0.29, 0.717) is 6.54 Å². The standard InChI is InChI=1S/C14H25N3OS/c1-11-16-12(8-19-11)7-17(4)14(10-15)5-6-18-13(2,3)9-14/h8H,5-7,9-10,15H2,1-4H3. The SMILES string of the molecule is Cc1nc(CN(C)C2(CN)CCOC(C)(C)C2)cs1. The van der Waals surface area contributed by atoms with Crippen LogP contribution in [-0.4, -0.2) is 41.2 Å². The molecule has 1 atom stereocenters. The lowest BCUT2D eigenvalue weighted by Gasteiger charge is -2.49. The number of hydrogen-bond acceptors (Lipinski definition) is 5. The van der Waals surface area contributed by atoms with Crippen LogP contribution < -0.4 is 5.73 Å². The molecule has 0 amide bonds. The predicted octanol–water partition coefficient (Wildman–Crippen LogP) is 2.17. The van der Waals surface area contributed by atoms with Gasteiger partial charge in [-0.05, 0) is 40.7 Å². The summed E-state index contributed by atoms with van der Waals surface area (Å²) in [5.74, 6) is 0. The quantitative estimate of drug-likeness (QED) is 0.920. The summed E-state index contributed by atoms with van der Waals surface area (Å²) in [5.41, 5.74) is 7.18. The first-order chi connectivity index (χ1) is 8.87. The minimum Gasteiger partial charge on any atom is -0.375 e. The van der Waals surface area contributed by atoms with Crippen LogP contribution in [0.4, 0.5) is 0 Å². The van der Waals surface area contributed by atoms with Crippen LogP contribution in [0.15, 0.2) is 5.38 Å². The zero-order chi connectivity index (χ0) is 14.1. The molecule has 2 heterocycles. The predicted molar refractivity (Wildman–Crippen MR) is 79.4 cm³/mol. The molecule has 1 aliphatic heterocycles. The molecule has 1 saturated heterocycles. The second-order valence-corrected chi connectivity index (χ2v) is 7.24. The van der Waals surface area contributed by atoms with E-state index in [2.05, 4.69) is 36.2 Å². The van der Waals surface area contributed by atoms with E-state index >= 15 is 0 Å². The van der Waals surface area contributed by atoms with Crippen molar-refractivity contribution >= 4 is 11.3 Å². The third kappa shape index (κ3) is 3.34. The second-order valence-electron chi connectivity index (χ2n) is 6.18. The molecule has 108 valence electrons. The monoisotopic (exact) mass is 283 g/mol. The highest BCUT2D eigenvalue weighted by Crippen LogP contribution is 2.35. The van der Waals surface area contributed by atoms with Gasteiger partial charge in [0, 0.05) is 30.6 Å². The smallest absolute Gasteiger partial charge is 0.0897 e. The number of nitrogens with zero attached hydrogens (tertiary/aromatic N) is 2. The molecule has 0 radical (unpaired) electrons. The van der Waals surface area contributed by atoms with Gasteiger partial charge in [0.2, 0.25) is 0 Å². The average molecular weight is 283 g/mol. The Morgan fingerprint density at radius 3 is 2.79 bits per heavy atom. The van der Waals surface area contributed by atoms with Gasteiger partial charge in [-0.3, -0.25) is 4.90 Å². The molecule has 19 heavy (non-hydrogen) atoms. The summed E-state index contributed by atoms with van der Waals surface area (Å²) in [6.07, 6.45) is 1.96. The summed E-state index contributed by atoms with van der Waals surface area (Å²) >= 11 is 1.71. The Morgan fingerprint density at radius 1 is 1.53 bits per heavy atom. The fourth-order valence-corrected chi connectivity index (χ4v) is 3.60. The molecular formula is C14H25N3OS. The Morgan fingerprint density at radius 2 is 2.26 bits per heavy atom. The third-order valence-corrected chi connectivity index (χ3v) is 4.89. The molecular weight excluding hydrogens is 258 g/mol. The Labute approximate surface area is 120 Å². The summed E-state index contributed by atoms with van der Waals surface area (Å²) in [4.78, 5) is 6.92. The molecule has 1 aromatic rings. The normalized spacial score (nSPS) is 26.8. The summed E-state index contributed by atoms with van der Waals surface area (Å²) in [6, 6.07) is 0. The van der Waals surface area contributed by atoms with Gasteiger partial charge in [0.25, 0.3) is 0 Å². The van der Waals surface area contributed by atoms with E-state index in [1.807, 2.05) is 6.92 Å². The van der Waals surface area contributed by atoms with Crippen molar-refractivity contribution in [2.75, 3.05) is 20.2 Å². The van der Waals surface area contributed by atoms with Gasteiger partial charge in [0.15, 0.2) is 0 Å². The number of rotatable bonds is 4. The maximum absolute atomic E-state index is 6.10. The van der Waals surface area contributed by atoms with E-state index in [1.54, 1.807) is 11.3 Å². The molecule has 5 heteroatoms. The molecule has 1 aliphatic rings. The largest absolute Gasteiger partial charge is 0.375 e. The van der Waals surface area contributed by atoms with Crippen molar-refractivity contribution in [2.24, 2.45) is 5.73 Å². The van der Waals surface area contributed by atoms with Gasteiger partial charge in [-0.2, -0.15) is 0 Å². The van der Waals surface area contributed by atoms with Crippen LogP contribution in [0.3, 0.4) is 0 Å². The number of nitrogens with two attached hydrogens (primary N) is 1. The van der Waals surface area contributed by atoms with Crippen LogP contribution in [-0.2, 0) is 11.3 Å². The number of ether oxygens (including phenoxy) is 1. The molecule has 0 saturated carbocycles. The van der Waals surface area contributed by atoms with Crippen molar-refractivity contribution in [1.82, 2.24) is 9.88 Å². The maximum Gasteiger partial charge on any atom is 0.0897 e. The highest BCUT2D eigenvalue weighted by molar-refractivity contribution is 7.09. The highest BCUT2D eigenvalue weighted by Gasteiger charge is 2.42. The summed E-state index contributed by atoms with van der Waals surface area (Å²) in [7, 11) is 2.16. The van der Waals surface area contributed by atoms with E-state index < -0.39 is 0 Å². The summed E-state index contributed by atoms with van der Waals surface area (Å²) in [6.45, 7) is 8.65. The lowest BCUT2D eigenvalue weighted by Crippen LogP contribution is -2.59. The number of aromatic nitrogens is 1. The van der Waals surface area contributed by atoms with Crippen LogP contribution in [0.2, 0.25) is 0 Å². The van der Waals surface area contributed by atoms with Crippen LogP contribution in [0.25, 0.3) is 0 Å². The fourth-order valence-electron chi connectivity index (χ4n) is 3.00. The Balaban J connectivity index is 2.11. The van der Waals surface area contributed by atoms with Gasteiger partial charge < -0.3 is 10.5 Å². The number of aryl methyl sites for hydroxylation is 1. The van der Waals surface area contributed by atoms with Crippen LogP contribution in [0.1, 0.15) is 37.4 Å². The zero-order valence-electron chi connectivity index (χ0n) is 12.4. The molecule has 1 unspecified atom stereocenters. The highest BCUT2D eigenvalue weighted by atomic mass is 32.1. The Bertz CT molecular complexity index is 432. The van der Waals surface area contributed by atoms with Crippen molar-refractivity contribution in [2.45, 2.75) is 51.3 Å². The van der Waals surface area contributed by atoms with Crippen molar-refractivity contribution in [3.05, 3.63) is 16.1 Å². The molecule has 1 fully saturated rings. The lowest BCUT2D eigenvalue weighted by atomic mass is 9.80. The number of likely N-dealkylation sites (N-methyl/N-ethyl adjacent to an activating group) is 1. The number of hydrogen-bond donors (Lipinski definition) is 1. The molecule has 0 bridgehead atoms. The second kappa shape index (κ2) is 5.48. The van der Waals surface area contributed by atoms with Gasteiger partial charge in [0.1, 0.15) is 0 Å². The summed E-state index contributed by atoms with van der Waals surface area (Å²) < 4.78 is 5.83. The maximum atomic E-state index is 6.10. The van der Waals surface area contributed by atoms with E-state index in [9.17, 15) is 0 Å². The first-order valence-electron chi connectivity index (χ1n) is 6.83. The van der Waals surface area contributed by atoms with Crippen LogP contribution in [0, 0.1) is 6.92 Å². The van der Waals surface area contributed by atoms with E-state index in [1.165, 1.54) is 0 Å². The van der Waals surface area contributed by atoms with E-state index in [4.69, 9.17) is 10.5 Å². The van der Waals surface area contributed by atoms with Crippen molar-refractivity contribution in [3.63, 3.8) is 0 Å². The minimum absolute atomic E-state index is 0.0271. The van der Waals surface area contributed by atoms with Crippen LogP contribution >= 0.6 is 11.3 Å². The molecule has 0 aliphatic carbocycles. The average Bonchev–Trinajstić information content (AvgIpc) is 2.73. The van der Waals surface area contributed by atoms with Gasteiger partial charge in [-0.25, -0.2) is 4.98 Å². The van der Waals surface area contributed by atoms with Crippen LogP contribution in [0.5, 0.6) is 0 Å². The molecule has 0 aromatic carbocycles. The van der Waals surface area contributed by atoms with E-state index in [-0.39, 0.29) is 11.1 Å². The van der Waals surface area contributed by atoms with Crippen molar-refractivity contribution < 1.29 is 4.74 Å². The molecule has 4 nitrogen and oxygen atoms in total. The van der Waals surface area contributed by atoms with Crippen molar-refractivity contribution in [1.29, 1.82) is 0 Å². The third-order valence-electron chi connectivity index (χ3n) is 4.07. The fraction of sp³-hybridized carbons (Fsp3) is 0.786. The minimum atomic E-state index is -0.0934. The topological polar surface area (TPSA) is 51.4 Å². The lowest BCUT2D eigenvalue weighted by molar-refractivity contribution is -0.115. The van der Waals surface area contributed by atoms with E-state index in [0.717, 1.165) is 36.7 Å². The van der Waals surface area contributed by atoms with Gasteiger partial charge in [-0.1, -0.05) is 0 Å². The first-order valence-corrected chi connectivity index (χ1v) is 7.71. The number of thiazole rings is 1.